The first-order valence-corrected chi connectivity index (χ1v) is 8.24. The van der Waals surface area contributed by atoms with E-state index in [1.807, 2.05) is 12.1 Å². The predicted octanol–water partition coefficient (Wildman–Crippen LogP) is 3.85. The van der Waals surface area contributed by atoms with E-state index in [2.05, 4.69) is 5.32 Å². The van der Waals surface area contributed by atoms with Crippen molar-refractivity contribution in [2.75, 3.05) is 26.0 Å². The average Bonchev–Trinajstić information content (AvgIpc) is 2.58. The van der Waals surface area contributed by atoms with Crippen molar-refractivity contribution in [1.29, 1.82) is 0 Å². The zero-order valence-electron chi connectivity index (χ0n) is 13.9. The standard InChI is InChI=1S/C18H18Cl2N2O3/c1-22(18(24)13-5-3-12(4-6-13)11-25-2)10-17(23)21-14-7-8-15(19)16(20)9-14/h3-9H,10-11H2,1-2H3,(H,21,23). The third-order valence-corrected chi connectivity index (χ3v) is 4.18. The van der Waals surface area contributed by atoms with Crippen LogP contribution in [0.25, 0.3) is 0 Å². The molecule has 2 aromatic carbocycles. The second-order valence-electron chi connectivity index (χ2n) is 5.47. The molecule has 0 unspecified atom stereocenters. The maximum atomic E-state index is 12.4. The van der Waals surface area contributed by atoms with Crippen molar-refractivity contribution in [3.63, 3.8) is 0 Å². The minimum absolute atomic E-state index is 0.0844. The number of nitrogens with one attached hydrogen (secondary N) is 1. The summed E-state index contributed by atoms with van der Waals surface area (Å²) in [6.45, 7) is 0.398. The van der Waals surface area contributed by atoms with Gasteiger partial charge in [0, 0.05) is 25.4 Å². The Morgan fingerprint density at radius 1 is 1.08 bits per heavy atom. The number of carbonyl (C=O) groups excluding carboxylic acids is 2. The van der Waals surface area contributed by atoms with Crippen LogP contribution < -0.4 is 5.32 Å². The van der Waals surface area contributed by atoms with Gasteiger partial charge in [0.25, 0.3) is 5.91 Å². The lowest BCUT2D eigenvalue weighted by atomic mass is 10.1. The van der Waals surface area contributed by atoms with Gasteiger partial charge in [-0.2, -0.15) is 0 Å². The average molecular weight is 381 g/mol. The summed E-state index contributed by atoms with van der Waals surface area (Å²) in [4.78, 5) is 25.8. The number of anilines is 1. The molecular weight excluding hydrogens is 363 g/mol. The number of methoxy groups -OCH3 is 1. The molecule has 0 saturated carbocycles. The van der Waals surface area contributed by atoms with Crippen LogP contribution in [0, 0.1) is 0 Å². The van der Waals surface area contributed by atoms with E-state index in [1.54, 1.807) is 44.5 Å². The highest BCUT2D eigenvalue weighted by molar-refractivity contribution is 6.42. The van der Waals surface area contributed by atoms with Gasteiger partial charge >= 0.3 is 0 Å². The number of amides is 2. The first kappa shape index (κ1) is 19.2. The van der Waals surface area contributed by atoms with Crippen molar-refractivity contribution >= 4 is 40.7 Å². The van der Waals surface area contributed by atoms with Gasteiger partial charge in [-0.15, -0.1) is 0 Å². The molecule has 7 heteroatoms. The van der Waals surface area contributed by atoms with Crippen molar-refractivity contribution in [3.8, 4) is 0 Å². The SMILES string of the molecule is COCc1ccc(C(=O)N(C)CC(=O)Nc2ccc(Cl)c(Cl)c2)cc1. The van der Waals surface area contributed by atoms with Gasteiger partial charge in [0.2, 0.25) is 5.91 Å². The Balaban J connectivity index is 1.95. The van der Waals surface area contributed by atoms with E-state index >= 15 is 0 Å². The molecule has 0 heterocycles. The lowest BCUT2D eigenvalue weighted by Crippen LogP contribution is -2.34. The first-order chi connectivity index (χ1) is 11.9. The number of nitrogens with zero attached hydrogens (tertiary/aromatic N) is 1. The Hall–Kier alpha value is -2.08. The monoisotopic (exact) mass is 380 g/mol. The Morgan fingerprint density at radius 2 is 1.76 bits per heavy atom. The van der Waals surface area contributed by atoms with Crippen LogP contribution >= 0.6 is 23.2 Å². The van der Waals surface area contributed by atoms with E-state index < -0.39 is 0 Å². The molecule has 0 aliphatic heterocycles. The maximum absolute atomic E-state index is 12.4. The molecule has 132 valence electrons. The summed E-state index contributed by atoms with van der Waals surface area (Å²) in [5, 5.41) is 3.43. The lowest BCUT2D eigenvalue weighted by Gasteiger charge is -2.17. The fraction of sp³-hybridized carbons (Fsp3) is 0.222. The van der Waals surface area contributed by atoms with Crippen LogP contribution in [-0.4, -0.2) is 37.4 Å². The molecule has 0 fully saturated rings. The predicted molar refractivity (Wildman–Crippen MR) is 99.2 cm³/mol. The Morgan fingerprint density at radius 3 is 2.36 bits per heavy atom. The van der Waals surface area contributed by atoms with E-state index in [0.29, 0.717) is 27.9 Å². The number of hydrogen-bond donors (Lipinski definition) is 1. The van der Waals surface area contributed by atoms with Crippen molar-refractivity contribution in [1.82, 2.24) is 4.90 Å². The smallest absolute Gasteiger partial charge is 0.254 e. The Bertz CT molecular complexity index is 763. The highest BCUT2D eigenvalue weighted by Gasteiger charge is 2.15. The van der Waals surface area contributed by atoms with E-state index in [9.17, 15) is 9.59 Å². The summed E-state index contributed by atoms with van der Waals surface area (Å²) in [5.41, 5.74) is 1.99. The molecule has 0 aromatic heterocycles. The third kappa shape index (κ3) is 5.46. The van der Waals surface area contributed by atoms with Gasteiger partial charge < -0.3 is 15.0 Å². The van der Waals surface area contributed by atoms with Crippen LogP contribution in [0.15, 0.2) is 42.5 Å². The topological polar surface area (TPSA) is 58.6 Å². The van der Waals surface area contributed by atoms with Crippen molar-refractivity contribution in [3.05, 3.63) is 63.6 Å². The van der Waals surface area contributed by atoms with Crippen LogP contribution in [0.5, 0.6) is 0 Å². The van der Waals surface area contributed by atoms with Crippen molar-refractivity contribution < 1.29 is 14.3 Å². The summed E-state index contributed by atoms with van der Waals surface area (Å²) in [5.74, 6) is -0.571. The fourth-order valence-corrected chi connectivity index (χ4v) is 2.49. The minimum Gasteiger partial charge on any atom is -0.380 e. The molecule has 0 aliphatic rings. The second kappa shape index (κ2) is 8.85. The molecule has 0 aliphatic carbocycles. The molecule has 2 rings (SSSR count). The second-order valence-corrected chi connectivity index (χ2v) is 6.28. The van der Waals surface area contributed by atoms with E-state index in [4.69, 9.17) is 27.9 Å². The molecule has 0 radical (unpaired) electrons. The largest absolute Gasteiger partial charge is 0.380 e. The molecule has 0 spiro atoms. The van der Waals surface area contributed by atoms with Gasteiger partial charge in [0.05, 0.1) is 23.2 Å². The van der Waals surface area contributed by atoms with E-state index in [-0.39, 0.29) is 18.4 Å². The van der Waals surface area contributed by atoms with Gasteiger partial charge in [0.15, 0.2) is 0 Å². The minimum atomic E-state index is -0.328. The summed E-state index contributed by atoms with van der Waals surface area (Å²) in [6, 6.07) is 11.9. The molecule has 2 aromatic rings. The zero-order chi connectivity index (χ0) is 18.4. The maximum Gasteiger partial charge on any atom is 0.254 e. The van der Waals surface area contributed by atoms with Crippen LogP contribution in [-0.2, 0) is 16.1 Å². The molecule has 5 nitrogen and oxygen atoms in total. The number of likely N-dealkylation sites (N-methyl/N-ethyl adjacent to an activating group) is 1. The van der Waals surface area contributed by atoms with Gasteiger partial charge in [-0.05, 0) is 35.9 Å². The molecular formula is C18H18Cl2N2O3. The number of rotatable bonds is 6. The van der Waals surface area contributed by atoms with Gasteiger partial charge in [0.1, 0.15) is 0 Å². The van der Waals surface area contributed by atoms with Crippen LogP contribution in [0.4, 0.5) is 5.69 Å². The van der Waals surface area contributed by atoms with Gasteiger partial charge in [-0.3, -0.25) is 9.59 Å². The molecule has 2 amide bonds. The Kier molecular flexibility index (Phi) is 6.82. The number of benzene rings is 2. The van der Waals surface area contributed by atoms with E-state index in [0.717, 1.165) is 5.56 Å². The molecule has 0 saturated heterocycles. The molecule has 0 bridgehead atoms. The molecule has 0 atom stereocenters. The third-order valence-electron chi connectivity index (χ3n) is 3.44. The summed E-state index contributed by atoms with van der Waals surface area (Å²) < 4.78 is 5.03. The van der Waals surface area contributed by atoms with Crippen LogP contribution in [0.2, 0.25) is 10.0 Å². The normalized spacial score (nSPS) is 10.4. The summed E-state index contributed by atoms with van der Waals surface area (Å²) in [6.07, 6.45) is 0. The summed E-state index contributed by atoms with van der Waals surface area (Å²) >= 11 is 11.7. The highest BCUT2D eigenvalue weighted by atomic mass is 35.5. The first-order valence-electron chi connectivity index (χ1n) is 7.49. The van der Waals surface area contributed by atoms with Gasteiger partial charge in [-0.1, -0.05) is 35.3 Å². The molecule has 1 N–H and O–H groups in total. The Labute approximate surface area is 156 Å². The highest BCUT2D eigenvalue weighted by Crippen LogP contribution is 2.24. The fourth-order valence-electron chi connectivity index (χ4n) is 2.19. The summed E-state index contributed by atoms with van der Waals surface area (Å²) in [7, 11) is 3.18. The number of carbonyl (C=O) groups is 2. The zero-order valence-corrected chi connectivity index (χ0v) is 15.4. The lowest BCUT2D eigenvalue weighted by molar-refractivity contribution is -0.116. The van der Waals surface area contributed by atoms with Crippen molar-refractivity contribution in [2.45, 2.75) is 6.61 Å². The molecule has 25 heavy (non-hydrogen) atoms. The number of ether oxygens (including phenoxy) is 1. The van der Waals surface area contributed by atoms with E-state index in [1.165, 1.54) is 4.90 Å². The van der Waals surface area contributed by atoms with Crippen molar-refractivity contribution in [2.24, 2.45) is 0 Å². The quantitative estimate of drug-likeness (QED) is 0.827. The van der Waals surface area contributed by atoms with Gasteiger partial charge in [-0.25, -0.2) is 0 Å². The number of hydrogen-bond acceptors (Lipinski definition) is 3. The number of halogens is 2. The van der Waals surface area contributed by atoms with Crippen LogP contribution in [0.1, 0.15) is 15.9 Å². The van der Waals surface area contributed by atoms with Crippen LogP contribution in [0.3, 0.4) is 0 Å².